The van der Waals surface area contributed by atoms with Gasteiger partial charge in [0, 0.05) is 18.0 Å². The van der Waals surface area contributed by atoms with E-state index in [1.54, 1.807) is 6.07 Å². The van der Waals surface area contributed by atoms with Gasteiger partial charge >= 0.3 is 5.97 Å². The van der Waals surface area contributed by atoms with Gasteiger partial charge in [-0.25, -0.2) is 4.98 Å². The predicted octanol–water partition coefficient (Wildman–Crippen LogP) is 2.55. The molecular formula is C16H16ClN3O4S. The van der Waals surface area contributed by atoms with Crippen molar-refractivity contribution in [2.24, 2.45) is 0 Å². The fourth-order valence-electron chi connectivity index (χ4n) is 1.96. The molecule has 2 amide bonds. The first-order chi connectivity index (χ1) is 11.9. The molecule has 25 heavy (non-hydrogen) atoms. The van der Waals surface area contributed by atoms with Gasteiger partial charge in [-0.2, -0.15) is 0 Å². The minimum absolute atomic E-state index is 0.0629. The molecule has 2 aromatic heterocycles. The van der Waals surface area contributed by atoms with Gasteiger partial charge in [0.15, 0.2) is 6.61 Å². The molecule has 0 aliphatic rings. The van der Waals surface area contributed by atoms with Gasteiger partial charge in [-0.1, -0.05) is 17.7 Å². The summed E-state index contributed by atoms with van der Waals surface area (Å²) in [5.41, 5.74) is 0. The minimum atomic E-state index is -0.591. The third kappa shape index (κ3) is 6.52. The highest BCUT2D eigenvalue weighted by atomic mass is 35.5. The van der Waals surface area contributed by atoms with Crippen LogP contribution in [-0.2, 0) is 19.1 Å². The SMILES string of the molecule is CC(=O)NC(CC(=O)OCC(=O)Nc1ccc(Cl)cn1)c1cccs1. The van der Waals surface area contributed by atoms with E-state index >= 15 is 0 Å². The minimum Gasteiger partial charge on any atom is -0.455 e. The van der Waals surface area contributed by atoms with Gasteiger partial charge in [-0.15, -0.1) is 11.3 Å². The number of ether oxygens (including phenoxy) is 1. The first kappa shape index (κ1) is 18.9. The molecule has 0 fully saturated rings. The van der Waals surface area contributed by atoms with Crippen molar-refractivity contribution >= 4 is 46.5 Å². The van der Waals surface area contributed by atoms with E-state index in [9.17, 15) is 14.4 Å². The Labute approximate surface area is 153 Å². The summed E-state index contributed by atoms with van der Waals surface area (Å²) in [5.74, 6) is -1.06. The van der Waals surface area contributed by atoms with Crippen molar-refractivity contribution in [1.82, 2.24) is 10.3 Å². The molecule has 0 aromatic carbocycles. The smallest absolute Gasteiger partial charge is 0.308 e. The van der Waals surface area contributed by atoms with Crippen LogP contribution in [0.15, 0.2) is 35.8 Å². The van der Waals surface area contributed by atoms with E-state index in [2.05, 4.69) is 15.6 Å². The lowest BCUT2D eigenvalue weighted by Gasteiger charge is -2.15. The lowest BCUT2D eigenvalue weighted by molar-refractivity contribution is -0.147. The highest BCUT2D eigenvalue weighted by Gasteiger charge is 2.19. The molecule has 0 spiro atoms. The topological polar surface area (TPSA) is 97.4 Å². The Balaban J connectivity index is 1.82. The molecule has 1 atom stereocenters. The number of thiophene rings is 1. The van der Waals surface area contributed by atoms with Crippen LogP contribution in [0, 0.1) is 0 Å². The zero-order valence-corrected chi connectivity index (χ0v) is 14.9. The number of anilines is 1. The Morgan fingerprint density at radius 1 is 1.32 bits per heavy atom. The summed E-state index contributed by atoms with van der Waals surface area (Å²) in [7, 11) is 0. The molecule has 0 saturated carbocycles. The molecule has 1 unspecified atom stereocenters. The van der Waals surface area contributed by atoms with Crippen molar-refractivity contribution in [3.05, 3.63) is 45.7 Å². The molecule has 9 heteroatoms. The van der Waals surface area contributed by atoms with Crippen LogP contribution in [0.2, 0.25) is 5.02 Å². The van der Waals surface area contributed by atoms with Gasteiger partial charge in [0.1, 0.15) is 5.82 Å². The molecule has 0 saturated heterocycles. The molecular weight excluding hydrogens is 366 g/mol. The Kier molecular flexibility index (Phi) is 6.91. The van der Waals surface area contributed by atoms with Crippen LogP contribution in [0.1, 0.15) is 24.3 Å². The monoisotopic (exact) mass is 381 g/mol. The number of hydrogen-bond donors (Lipinski definition) is 2. The first-order valence-corrected chi connectivity index (χ1v) is 8.57. The summed E-state index contributed by atoms with van der Waals surface area (Å²) < 4.78 is 4.96. The normalized spacial score (nSPS) is 11.4. The number of hydrogen-bond acceptors (Lipinski definition) is 6. The van der Waals surface area contributed by atoms with Crippen LogP contribution in [0.4, 0.5) is 5.82 Å². The largest absolute Gasteiger partial charge is 0.455 e. The zero-order valence-electron chi connectivity index (χ0n) is 13.3. The predicted molar refractivity (Wildman–Crippen MR) is 94.3 cm³/mol. The standard InChI is InChI=1S/C16H16ClN3O4S/c1-10(21)19-12(13-3-2-6-25-13)7-16(23)24-9-15(22)20-14-5-4-11(17)8-18-14/h2-6,8,12H,7,9H2,1H3,(H,19,21)(H,18,20,22). The van der Waals surface area contributed by atoms with Gasteiger partial charge in [0.2, 0.25) is 5.91 Å². The van der Waals surface area contributed by atoms with E-state index in [0.29, 0.717) is 10.8 Å². The Hall–Kier alpha value is -2.45. The third-order valence-electron chi connectivity index (χ3n) is 2.99. The summed E-state index contributed by atoms with van der Waals surface area (Å²) in [4.78, 5) is 39.7. The highest BCUT2D eigenvalue weighted by Crippen LogP contribution is 2.22. The van der Waals surface area contributed by atoms with Gasteiger partial charge < -0.3 is 15.4 Å². The van der Waals surface area contributed by atoms with E-state index in [1.165, 1.54) is 30.5 Å². The lowest BCUT2D eigenvalue weighted by Crippen LogP contribution is -2.29. The molecule has 0 radical (unpaired) electrons. The number of pyridine rings is 1. The molecule has 0 bridgehead atoms. The van der Waals surface area contributed by atoms with Crippen LogP contribution in [-0.4, -0.2) is 29.4 Å². The van der Waals surface area contributed by atoms with Crippen molar-refractivity contribution in [3.63, 3.8) is 0 Å². The second-order valence-corrected chi connectivity index (χ2v) is 6.46. The molecule has 2 N–H and O–H groups in total. The maximum absolute atomic E-state index is 11.9. The zero-order chi connectivity index (χ0) is 18.2. The average molecular weight is 382 g/mol. The van der Waals surface area contributed by atoms with E-state index in [1.807, 2.05) is 17.5 Å². The molecule has 0 aliphatic carbocycles. The van der Waals surface area contributed by atoms with Crippen molar-refractivity contribution < 1.29 is 19.1 Å². The van der Waals surface area contributed by atoms with Gasteiger partial charge in [0.05, 0.1) is 17.5 Å². The number of nitrogens with zero attached hydrogens (tertiary/aromatic N) is 1. The van der Waals surface area contributed by atoms with Gasteiger partial charge in [-0.05, 0) is 23.6 Å². The molecule has 132 valence electrons. The van der Waals surface area contributed by atoms with Crippen LogP contribution in [0.25, 0.3) is 0 Å². The maximum Gasteiger partial charge on any atom is 0.308 e. The van der Waals surface area contributed by atoms with Crippen molar-refractivity contribution in [3.8, 4) is 0 Å². The molecule has 2 rings (SSSR count). The van der Waals surface area contributed by atoms with E-state index in [0.717, 1.165) is 4.88 Å². The maximum atomic E-state index is 11.9. The molecule has 7 nitrogen and oxygen atoms in total. The number of carbonyl (C=O) groups is 3. The number of rotatable bonds is 7. The van der Waals surface area contributed by atoms with Crippen LogP contribution < -0.4 is 10.6 Å². The van der Waals surface area contributed by atoms with E-state index < -0.39 is 24.5 Å². The van der Waals surface area contributed by atoms with E-state index in [-0.39, 0.29) is 12.3 Å². The second-order valence-electron chi connectivity index (χ2n) is 5.04. The molecule has 2 heterocycles. The number of nitrogens with one attached hydrogen (secondary N) is 2. The fraction of sp³-hybridized carbons (Fsp3) is 0.250. The van der Waals surface area contributed by atoms with Crippen LogP contribution >= 0.6 is 22.9 Å². The third-order valence-corrected chi connectivity index (χ3v) is 4.20. The summed E-state index contributed by atoms with van der Waals surface area (Å²) in [6.45, 7) is 0.929. The Bertz CT molecular complexity index is 734. The van der Waals surface area contributed by atoms with Gasteiger partial charge in [-0.3, -0.25) is 14.4 Å². The average Bonchev–Trinajstić information content (AvgIpc) is 3.08. The second kappa shape index (κ2) is 9.14. The highest BCUT2D eigenvalue weighted by molar-refractivity contribution is 7.10. The van der Waals surface area contributed by atoms with Crippen molar-refractivity contribution in [2.75, 3.05) is 11.9 Å². The number of amides is 2. The number of carbonyl (C=O) groups excluding carboxylic acids is 3. The first-order valence-electron chi connectivity index (χ1n) is 7.31. The summed E-state index contributed by atoms with van der Waals surface area (Å²) in [6, 6.07) is 6.27. The van der Waals surface area contributed by atoms with Gasteiger partial charge in [0.25, 0.3) is 5.91 Å². The number of esters is 1. The Morgan fingerprint density at radius 3 is 2.72 bits per heavy atom. The number of aromatic nitrogens is 1. The van der Waals surface area contributed by atoms with E-state index in [4.69, 9.17) is 16.3 Å². The quantitative estimate of drug-likeness (QED) is 0.718. The summed E-state index contributed by atoms with van der Waals surface area (Å²) >= 11 is 7.13. The van der Waals surface area contributed by atoms with Crippen LogP contribution in [0.5, 0.6) is 0 Å². The molecule has 0 aliphatic heterocycles. The molecule has 2 aromatic rings. The fourth-order valence-corrected chi connectivity index (χ4v) is 2.85. The van der Waals surface area contributed by atoms with Crippen LogP contribution in [0.3, 0.4) is 0 Å². The lowest BCUT2D eigenvalue weighted by atomic mass is 10.1. The number of halogens is 1. The van der Waals surface area contributed by atoms with Crippen molar-refractivity contribution in [1.29, 1.82) is 0 Å². The summed E-state index contributed by atoms with van der Waals surface area (Å²) in [6.07, 6.45) is 1.33. The Morgan fingerprint density at radius 2 is 2.12 bits per heavy atom. The van der Waals surface area contributed by atoms with Crippen molar-refractivity contribution in [2.45, 2.75) is 19.4 Å². The summed E-state index contributed by atoms with van der Waals surface area (Å²) in [5, 5.41) is 7.47.